The molecule has 0 aromatic carbocycles. The van der Waals surface area contributed by atoms with E-state index >= 15 is 0 Å². The van der Waals surface area contributed by atoms with Crippen LogP contribution in [0.25, 0.3) is 11.3 Å². The Morgan fingerprint density at radius 2 is 2.00 bits per heavy atom. The van der Waals surface area contributed by atoms with Crippen molar-refractivity contribution >= 4 is 5.82 Å². The number of rotatable bonds is 2. The molecule has 0 aliphatic rings. The molecule has 2 rings (SSSR count). The lowest BCUT2D eigenvalue weighted by Crippen LogP contribution is -1.95. The monoisotopic (exact) mass is 211 g/mol. The van der Waals surface area contributed by atoms with E-state index in [0.717, 1.165) is 5.56 Å². The van der Waals surface area contributed by atoms with Crippen LogP contribution in [-0.4, -0.2) is 22.0 Å². The molecule has 0 radical (unpaired) electrons. The van der Waals surface area contributed by atoms with Gasteiger partial charge in [0.25, 0.3) is 0 Å². The van der Waals surface area contributed by atoms with E-state index in [0.29, 0.717) is 17.1 Å². The van der Waals surface area contributed by atoms with Crippen molar-refractivity contribution in [2.75, 3.05) is 12.4 Å². The first-order valence-corrected chi connectivity index (χ1v) is 4.69. The van der Waals surface area contributed by atoms with Crippen LogP contribution < -0.4 is 5.32 Å². The van der Waals surface area contributed by atoms with Crippen molar-refractivity contribution in [3.8, 4) is 17.3 Å². The van der Waals surface area contributed by atoms with E-state index in [1.54, 1.807) is 31.7 Å². The molecular weight excluding hydrogens is 202 g/mol. The molecule has 2 aromatic rings. The van der Waals surface area contributed by atoms with Gasteiger partial charge in [-0.3, -0.25) is 9.97 Å². The lowest BCUT2D eigenvalue weighted by molar-refractivity contribution is 1.18. The summed E-state index contributed by atoms with van der Waals surface area (Å²) >= 11 is 0. The molecule has 2 aromatic heterocycles. The third-order valence-electron chi connectivity index (χ3n) is 2.05. The largest absolute Gasteiger partial charge is 0.372 e. The van der Waals surface area contributed by atoms with Gasteiger partial charge in [-0.1, -0.05) is 0 Å². The van der Waals surface area contributed by atoms with Crippen LogP contribution in [0, 0.1) is 11.3 Å². The maximum atomic E-state index is 8.77. The Kier molecular flexibility index (Phi) is 2.74. The van der Waals surface area contributed by atoms with Gasteiger partial charge in [0.05, 0.1) is 23.7 Å². The summed E-state index contributed by atoms with van der Waals surface area (Å²) in [7, 11) is 1.78. The van der Waals surface area contributed by atoms with Gasteiger partial charge in [-0.25, -0.2) is 4.98 Å². The summed E-state index contributed by atoms with van der Waals surface area (Å²) in [5.41, 5.74) is 1.98. The summed E-state index contributed by atoms with van der Waals surface area (Å²) < 4.78 is 0. The molecule has 0 saturated carbocycles. The molecule has 5 heteroatoms. The van der Waals surface area contributed by atoms with Gasteiger partial charge in [0, 0.05) is 25.0 Å². The number of anilines is 1. The highest BCUT2D eigenvalue weighted by Crippen LogP contribution is 2.17. The first kappa shape index (κ1) is 10.1. The van der Waals surface area contributed by atoms with Crippen molar-refractivity contribution in [3.63, 3.8) is 0 Å². The molecule has 0 aliphatic carbocycles. The minimum Gasteiger partial charge on any atom is -0.372 e. The molecule has 16 heavy (non-hydrogen) atoms. The van der Waals surface area contributed by atoms with Gasteiger partial charge in [0.1, 0.15) is 11.9 Å². The Hall–Kier alpha value is -2.48. The molecule has 1 N–H and O–H groups in total. The molecule has 0 saturated heterocycles. The topological polar surface area (TPSA) is 74.5 Å². The lowest BCUT2D eigenvalue weighted by atomic mass is 10.2. The minimum atomic E-state index is 0.508. The lowest BCUT2D eigenvalue weighted by Gasteiger charge is -2.02. The van der Waals surface area contributed by atoms with Crippen LogP contribution in [0.3, 0.4) is 0 Å². The SMILES string of the molecule is CNc1cncc(-c2cncc(C#N)c2)n1. The summed E-state index contributed by atoms with van der Waals surface area (Å²) in [6, 6.07) is 3.77. The Labute approximate surface area is 92.8 Å². The second kappa shape index (κ2) is 4.36. The molecule has 0 spiro atoms. The second-order valence-corrected chi connectivity index (χ2v) is 3.11. The Morgan fingerprint density at radius 1 is 1.19 bits per heavy atom. The van der Waals surface area contributed by atoms with Gasteiger partial charge in [0.15, 0.2) is 0 Å². The predicted octanol–water partition coefficient (Wildman–Crippen LogP) is 1.45. The zero-order chi connectivity index (χ0) is 11.4. The van der Waals surface area contributed by atoms with Crippen molar-refractivity contribution in [2.45, 2.75) is 0 Å². The van der Waals surface area contributed by atoms with E-state index in [1.807, 2.05) is 6.07 Å². The number of pyridine rings is 1. The third kappa shape index (κ3) is 1.96. The Bertz CT molecular complexity index is 544. The normalized spacial score (nSPS) is 9.50. The molecule has 0 atom stereocenters. The van der Waals surface area contributed by atoms with E-state index in [2.05, 4.69) is 20.3 Å². The molecule has 0 fully saturated rings. The fraction of sp³-hybridized carbons (Fsp3) is 0.0909. The van der Waals surface area contributed by atoms with E-state index in [9.17, 15) is 0 Å². The van der Waals surface area contributed by atoms with Crippen LogP contribution in [-0.2, 0) is 0 Å². The highest BCUT2D eigenvalue weighted by Gasteiger charge is 2.02. The van der Waals surface area contributed by atoms with Crippen molar-refractivity contribution in [3.05, 3.63) is 36.4 Å². The van der Waals surface area contributed by atoms with Gasteiger partial charge in [-0.15, -0.1) is 0 Å². The van der Waals surface area contributed by atoms with Crippen LogP contribution in [0.1, 0.15) is 5.56 Å². The van der Waals surface area contributed by atoms with Crippen LogP contribution in [0.2, 0.25) is 0 Å². The molecule has 0 unspecified atom stereocenters. The zero-order valence-corrected chi connectivity index (χ0v) is 8.68. The number of hydrogen-bond donors (Lipinski definition) is 1. The number of nitriles is 1. The van der Waals surface area contributed by atoms with E-state index in [-0.39, 0.29) is 0 Å². The van der Waals surface area contributed by atoms with Crippen LogP contribution in [0.4, 0.5) is 5.82 Å². The summed E-state index contributed by atoms with van der Waals surface area (Å²) in [4.78, 5) is 12.3. The first-order chi connectivity index (χ1) is 7.83. The fourth-order valence-electron chi connectivity index (χ4n) is 1.27. The number of nitrogens with one attached hydrogen (secondary N) is 1. The van der Waals surface area contributed by atoms with Crippen molar-refractivity contribution in [1.82, 2.24) is 15.0 Å². The standard InChI is InChI=1S/C11H9N5/c1-13-11-7-15-6-10(16-11)9-2-8(3-12)4-14-5-9/h2,4-7H,1H3,(H,13,16). The summed E-state index contributed by atoms with van der Waals surface area (Å²) in [5.74, 6) is 0.680. The van der Waals surface area contributed by atoms with Crippen molar-refractivity contribution < 1.29 is 0 Å². The summed E-state index contributed by atoms with van der Waals surface area (Å²) in [6.07, 6.45) is 6.44. The maximum Gasteiger partial charge on any atom is 0.144 e. The van der Waals surface area contributed by atoms with E-state index in [4.69, 9.17) is 5.26 Å². The van der Waals surface area contributed by atoms with Gasteiger partial charge in [0.2, 0.25) is 0 Å². The third-order valence-corrected chi connectivity index (χ3v) is 2.05. The maximum absolute atomic E-state index is 8.77. The Balaban J connectivity index is 2.46. The number of aromatic nitrogens is 3. The molecule has 0 aliphatic heterocycles. The zero-order valence-electron chi connectivity index (χ0n) is 8.68. The molecule has 5 nitrogen and oxygen atoms in total. The van der Waals surface area contributed by atoms with E-state index in [1.165, 1.54) is 6.20 Å². The van der Waals surface area contributed by atoms with Crippen LogP contribution in [0.15, 0.2) is 30.9 Å². The van der Waals surface area contributed by atoms with E-state index < -0.39 is 0 Å². The van der Waals surface area contributed by atoms with Gasteiger partial charge in [-0.2, -0.15) is 5.26 Å². The van der Waals surface area contributed by atoms with Gasteiger partial charge in [-0.05, 0) is 6.07 Å². The number of nitrogens with zero attached hydrogens (tertiary/aromatic N) is 4. The van der Waals surface area contributed by atoms with Gasteiger partial charge >= 0.3 is 0 Å². The summed E-state index contributed by atoms with van der Waals surface area (Å²) in [6.45, 7) is 0. The fourth-order valence-corrected chi connectivity index (χ4v) is 1.27. The van der Waals surface area contributed by atoms with Crippen molar-refractivity contribution in [2.24, 2.45) is 0 Å². The highest BCUT2D eigenvalue weighted by atomic mass is 15.0. The predicted molar refractivity (Wildman–Crippen MR) is 59.5 cm³/mol. The second-order valence-electron chi connectivity index (χ2n) is 3.11. The average Bonchev–Trinajstić information content (AvgIpc) is 2.39. The average molecular weight is 211 g/mol. The molecule has 0 amide bonds. The molecular formula is C11H9N5. The van der Waals surface area contributed by atoms with Gasteiger partial charge < -0.3 is 5.32 Å². The highest BCUT2D eigenvalue weighted by molar-refractivity contribution is 5.60. The van der Waals surface area contributed by atoms with Crippen molar-refractivity contribution in [1.29, 1.82) is 5.26 Å². The smallest absolute Gasteiger partial charge is 0.144 e. The molecule has 2 heterocycles. The molecule has 78 valence electrons. The minimum absolute atomic E-state index is 0.508. The van der Waals surface area contributed by atoms with Crippen LogP contribution >= 0.6 is 0 Å². The molecule has 0 bridgehead atoms. The number of hydrogen-bond acceptors (Lipinski definition) is 5. The summed E-state index contributed by atoms with van der Waals surface area (Å²) in [5, 5.41) is 11.7. The first-order valence-electron chi connectivity index (χ1n) is 4.69. The quantitative estimate of drug-likeness (QED) is 0.813. The van der Waals surface area contributed by atoms with Crippen LogP contribution in [0.5, 0.6) is 0 Å². The Morgan fingerprint density at radius 3 is 2.75 bits per heavy atom.